The van der Waals surface area contributed by atoms with Gasteiger partial charge >= 0.3 is 0 Å². The maximum Gasteiger partial charge on any atom is 0.141 e. The van der Waals surface area contributed by atoms with Crippen LogP contribution in [0.1, 0.15) is 73.1 Å². The monoisotopic (exact) mass is 296 g/mol. The molecule has 0 aliphatic heterocycles. The summed E-state index contributed by atoms with van der Waals surface area (Å²) in [5.74, 6) is 1.82. The SMILES string of the molecule is CCCCSC(C)CC(=O)C1C(C)=CCCC1(C)CC. The summed E-state index contributed by atoms with van der Waals surface area (Å²) in [6, 6.07) is 0. The molecule has 0 aromatic heterocycles. The molecule has 20 heavy (non-hydrogen) atoms. The van der Waals surface area contributed by atoms with Crippen LogP contribution in [0.2, 0.25) is 0 Å². The van der Waals surface area contributed by atoms with Crippen LogP contribution in [0.5, 0.6) is 0 Å². The average molecular weight is 297 g/mol. The zero-order chi connectivity index (χ0) is 15.2. The van der Waals surface area contributed by atoms with Crippen LogP contribution in [-0.4, -0.2) is 16.8 Å². The summed E-state index contributed by atoms with van der Waals surface area (Å²) < 4.78 is 0. The van der Waals surface area contributed by atoms with Crippen molar-refractivity contribution in [2.24, 2.45) is 11.3 Å². The Labute approximate surface area is 130 Å². The molecule has 1 rings (SSSR count). The average Bonchev–Trinajstić information content (AvgIpc) is 2.38. The second-order valence-electron chi connectivity index (χ2n) is 6.63. The minimum atomic E-state index is 0.162. The molecule has 0 radical (unpaired) electrons. The fraction of sp³-hybridized carbons (Fsp3) is 0.833. The van der Waals surface area contributed by atoms with Crippen LogP contribution in [0, 0.1) is 11.3 Å². The highest BCUT2D eigenvalue weighted by molar-refractivity contribution is 7.99. The molecule has 0 N–H and O–H groups in total. The van der Waals surface area contributed by atoms with E-state index in [0.29, 0.717) is 11.0 Å². The predicted octanol–water partition coefficient (Wildman–Crippen LogP) is 5.64. The van der Waals surface area contributed by atoms with Crippen molar-refractivity contribution in [3.8, 4) is 0 Å². The second kappa shape index (κ2) is 8.26. The largest absolute Gasteiger partial charge is 0.299 e. The molecular weight excluding hydrogens is 264 g/mol. The van der Waals surface area contributed by atoms with Gasteiger partial charge in [0, 0.05) is 17.6 Å². The Hall–Kier alpha value is -0.240. The van der Waals surface area contributed by atoms with Crippen molar-refractivity contribution >= 4 is 17.5 Å². The van der Waals surface area contributed by atoms with Crippen molar-refractivity contribution < 1.29 is 4.79 Å². The van der Waals surface area contributed by atoms with E-state index in [2.05, 4.69) is 40.7 Å². The maximum atomic E-state index is 12.8. The first-order valence-corrected chi connectivity index (χ1v) is 9.30. The van der Waals surface area contributed by atoms with Gasteiger partial charge < -0.3 is 0 Å². The highest BCUT2D eigenvalue weighted by atomic mass is 32.2. The number of allylic oxidation sites excluding steroid dienone is 2. The molecule has 0 amide bonds. The third-order valence-electron chi connectivity index (χ3n) is 4.85. The highest BCUT2D eigenvalue weighted by Crippen LogP contribution is 2.45. The van der Waals surface area contributed by atoms with Gasteiger partial charge in [0.05, 0.1) is 0 Å². The number of unbranched alkanes of at least 4 members (excludes halogenated alkanes) is 1. The molecule has 0 spiro atoms. The fourth-order valence-electron chi connectivity index (χ4n) is 3.35. The Bertz CT molecular complexity index is 347. The Morgan fingerprint density at radius 1 is 1.50 bits per heavy atom. The van der Waals surface area contributed by atoms with Crippen molar-refractivity contribution in [2.75, 3.05) is 5.75 Å². The summed E-state index contributed by atoms with van der Waals surface area (Å²) in [7, 11) is 0. The van der Waals surface area contributed by atoms with Gasteiger partial charge in [0.2, 0.25) is 0 Å². The first-order valence-electron chi connectivity index (χ1n) is 8.25. The van der Waals surface area contributed by atoms with E-state index in [-0.39, 0.29) is 11.3 Å². The standard InChI is InChI=1S/C18H32OS/c1-6-8-12-20-15(4)13-16(19)17-14(3)10-9-11-18(17,5)7-2/h10,15,17H,6-9,11-13H2,1-5H3. The van der Waals surface area contributed by atoms with Crippen LogP contribution >= 0.6 is 11.8 Å². The van der Waals surface area contributed by atoms with E-state index in [4.69, 9.17) is 0 Å². The smallest absolute Gasteiger partial charge is 0.141 e. The second-order valence-corrected chi connectivity index (χ2v) is 8.18. The first kappa shape index (κ1) is 17.8. The van der Waals surface area contributed by atoms with Crippen LogP contribution in [0.15, 0.2) is 11.6 Å². The minimum absolute atomic E-state index is 0.162. The predicted molar refractivity (Wildman–Crippen MR) is 91.3 cm³/mol. The fourth-order valence-corrected chi connectivity index (χ4v) is 4.49. The normalized spacial score (nSPS) is 28.1. The summed E-state index contributed by atoms with van der Waals surface area (Å²) >= 11 is 1.96. The van der Waals surface area contributed by atoms with Crippen LogP contribution in [0.3, 0.4) is 0 Å². The molecule has 0 saturated carbocycles. The van der Waals surface area contributed by atoms with Crippen molar-refractivity contribution in [3.05, 3.63) is 11.6 Å². The van der Waals surface area contributed by atoms with Gasteiger partial charge in [-0.1, -0.05) is 45.8 Å². The highest BCUT2D eigenvalue weighted by Gasteiger charge is 2.40. The van der Waals surface area contributed by atoms with E-state index in [9.17, 15) is 4.79 Å². The van der Waals surface area contributed by atoms with Gasteiger partial charge in [0.1, 0.15) is 5.78 Å². The lowest BCUT2D eigenvalue weighted by atomic mass is 9.64. The lowest BCUT2D eigenvalue weighted by Gasteiger charge is -2.40. The number of carbonyl (C=O) groups is 1. The van der Waals surface area contributed by atoms with Crippen LogP contribution in [0.25, 0.3) is 0 Å². The molecule has 0 aromatic carbocycles. The minimum Gasteiger partial charge on any atom is -0.299 e. The van der Waals surface area contributed by atoms with E-state index < -0.39 is 0 Å². The summed E-state index contributed by atoms with van der Waals surface area (Å²) in [6.07, 6.45) is 8.93. The molecular formula is C18H32OS. The van der Waals surface area contributed by atoms with Crippen LogP contribution in [-0.2, 0) is 4.79 Å². The lowest BCUT2D eigenvalue weighted by Crippen LogP contribution is -2.37. The van der Waals surface area contributed by atoms with Gasteiger partial charge in [0.25, 0.3) is 0 Å². The number of thioether (sulfide) groups is 1. The number of ketones is 1. The lowest BCUT2D eigenvalue weighted by molar-refractivity contribution is -0.125. The number of Topliss-reactive ketones (excluding diaryl/α,β-unsaturated/α-hetero) is 1. The number of hydrogen-bond acceptors (Lipinski definition) is 2. The van der Waals surface area contributed by atoms with Crippen molar-refractivity contribution in [1.29, 1.82) is 0 Å². The quantitative estimate of drug-likeness (QED) is 0.426. The van der Waals surface area contributed by atoms with Crippen LogP contribution < -0.4 is 0 Å². The van der Waals surface area contributed by atoms with Gasteiger partial charge in [-0.05, 0) is 43.8 Å². The van der Waals surface area contributed by atoms with Gasteiger partial charge in [-0.25, -0.2) is 0 Å². The molecule has 1 aliphatic carbocycles. The van der Waals surface area contributed by atoms with E-state index in [0.717, 1.165) is 25.7 Å². The summed E-state index contributed by atoms with van der Waals surface area (Å²) in [6.45, 7) is 11.1. The number of hydrogen-bond donors (Lipinski definition) is 0. The molecule has 0 aromatic rings. The van der Waals surface area contributed by atoms with Crippen molar-refractivity contribution in [2.45, 2.75) is 78.4 Å². The molecule has 1 aliphatic rings. The molecule has 0 heterocycles. The summed E-state index contributed by atoms with van der Waals surface area (Å²) in [5, 5.41) is 0.463. The van der Waals surface area contributed by atoms with Gasteiger partial charge in [-0.15, -0.1) is 0 Å². The molecule has 0 bridgehead atoms. The Morgan fingerprint density at radius 3 is 2.80 bits per heavy atom. The molecule has 2 heteroatoms. The third kappa shape index (κ3) is 4.65. The zero-order valence-corrected chi connectivity index (χ0v) is 14.8. The van der Waals surface area contributed by atoms with Crippen LogP contribution in [0.4, 0.5) is 0 Å². The number of rotatable bonds is 8. The Morgan fingerprint density at radius 2 is 2.20 bits per heavy atom. The van der Waals surface area contributed by atoms with E-state index in [1.165, 1.54) is 24.2 Å². The van der Waals surface area contributed by atoms with Gasteiger partial charge in [-0.2, -0.15) is 11.8 Å². The van der Waals surface area contributed by atoms with E-state index in [1.807, 2.05) is 11.8 Å². The Kier molecular flexibility index (Phi) is 7.36. The summed E-state index contributed by atoms with van der Waals surface area (Å²) in [5.41, 5.74) is 1.50. The van der Waals surface area contributed by atoms with Gasteiger partial charge in [0.15, 0.2) is 0 Å². The molecule has 0 fully saturated rings. The summed E-state index contributed by atoms with van der Waals surface area (Å²) in [4.78, 5) is 12.8. The first-order chi connectivity index (χ1) is 9.44. The molecule has 3 atom stereocenters. The van der Waals surface area contributed by atoms with Crippen molar-refractivity contribution in [3.63, 3.8) is 0 Å². The Balaban J connectivity index is 2.64. The molecule has 116 valence electrons. The zero-order valence-electron chi connectivity index (χ0n) is 14.0. The third-order valence-corrected chi connectivity index (χ3v) is 6.11. The van der Waals surface area contributed by atoms with E-state index in [1.54, 1.807) is 0 Å². The molecule has 3 unspecified atom stereocenters. The van der Waals surface area contributed by atoms with Crippen molar-refractivity contribution in [1.82, 2.24) is 0 Å². The molecule has 0 saturated heterocycles. The molecule has 1 nitrogen and oxygen atoms in total. The number of carbonyl (C=O) groups excluding carboxylic acids is 1. The topological polar surface area (TPSA) is 17.1 Å². The van der Waals surface area contributed by atoms with E-state index >= 15 is 0 Å². The maximum absolute atomic E-state index is 12.8. The van der Waals surface area contributed by atoms with Gasteiger partial charge in [-0.3, -0.25) is 4.79 Å².